The van der Waals surface area contributed by atoms with Gasteiger partial charge in [0.25, 0.3) is 0 Å². The molecule has 98 valence electrons. The minimum Gasteiger partial charge on any atom is -0.379 e. The quantitative estimate of drug-likeness (QED) is 0.691. The Kier molecular flexibility index (Phi) is 7.32. The van der Waals surface area contributed by atoms with Crippen LogP contribution < -0.4 is 5.32 Å². The van der Waals surface area contributed by atoms with E-state index < -0.39 is 0 Å². The van der Waals surface area contributed by atoms with Gasteiger partial charge in [0, 0.05) is 6.61 Å². The van der Waals surface area contributed by atoms with Crippen LogP contribution in [-0.4, -0.2) is 29.3 Å². The second kappa shape index (κ2) is 8.55. The van der Waals surface area contributed by atoms with E-state index in [1.54, 1.807) is 0 Å². The Morgan fingerprint density at radius 3 is 2.76 bits per heavy atom. The molecule has 0 spiro atoms. The van der Waals surface area contributed by atoms with E-state index in [-0.39, 0.29) is 6.04 Å². The summed E-state index contributed by atoms with van der Waals surface area (Å²) in [4.78, 5) is 1.23. The van der Waals surface area contributed by atoms with Crippen molar-refractivity contribution < 1.29 is 4.74 Å². The first-order chi connectivity index (χ1) is 8.33. The molecule has 0 aliphatic carbocycles. The molecule has 0 saturated heterocycles. The van der Waals surface area contributed by atoms with E-state index in [0.717, 1.165) is 38.1 Å². The van der Waals surface area contributed by atoms with Crippen molar-refractivity contribution in [1.82, 2.24) is 14.9 Å². The zero-order valence-corrected chi connectivity index (χ0v) is 11.8. The first-order valence-corrected chi connectivity index (χ1v) is 7.23. The van der Waals surface area contributed by atoms with Crippen LogP contribution in [0.3, 0.4) is 0 Å². The zero-order chi connectivity index (χ0) is 12.5. The molecule has 0 amide bonds. The Balaban J connectivity index is 2.60. The molecule has 0 fully saturated rings. The molecule has 17 heavy (non-hydrogen) atoms. The van der Waals surface area contributed by atoms with Gasteiger partial charge in [0.15, 0.2) is 0 Å². The predicted octanol–water partition coefficient (Wildman–Crippen LogP) is 2.57. The van der Waals surface area contributed by atoms with Crippen LogP contribution >= 0.6 is 11.5 Å². The molecule has 1 atom stereocenters. The predicted molar refractivity (Wildman–Crippen MR) is 71.4 cm³/mol. The van der Waals surface area contributed by atoms with Crippen LogP contribution in [0.1, 0.15) is 50.2 Å². The van der Waals surface area contributed by atoms with Gasteiger partial charge in [0.2, 0.25) is 0 Å². The Labute approximate surface area is 108 Å². The van der Waals surface area contributed by atoms with Gasteiger partial charge in [-0.3, -0.25) is 0 Å². The second-order valence-corrected chi connectivity index (χ2v) is 4.80. The lowest BCUT2D eigenvalue weighted by molar-refractivity contribution is 0.112. The molecule has 0 radical (unpaired) electrons. The minimum atomic E-state index is 0.247. The fourth-order valence-corrected chi connectivity index (χ4v) is 2.41. The molecule has 0 bridgehead atoms. The zero-order valence-electron chi connectivity index (χ0n) is 11.0. The molecule has 1 aromatic rings. The maximum absolute atomic E-state index is 5.65. The number of nitrogens with one attached hydrogen (secondary N) is 1. The molecular weight excluding hydrogens is 234 g/mol. The summed E-state index contributed by atoms with van der Waals surface area (Å²) in [5.41, 5.74) is 1.10. The van der Waals surface area contributed by atoms with E-state index in [9.17, 15) is 0 Å². The molecule has 0 aromatic carbocycles. The average molecular weight is 257 g/mol. The van der Waals surface area contributed by atoms with Crippen molar-refractivity contribution in [2.24, 2.45) is 0 Å². The van der Waals surface area contributed by atoms with E-state index in [0.29, 0.717) is 6.61 Å². The summed E-state index contributed by atoms with van der Waals surface area (Å²) in [6, 6.07) is 0.247. The molecule has 1 unspecified atom stereocenters. The van der Waals surface area contributed by atoms with Gasteiger partial charge in [-0.2, -0.15) is 0 Å². The fourth-order valence-electron chi connectivity index (χ4n) is 1.62. The van der Waals surface area contributed by atoms with E-state index in [1.807, 2.05) is 0 Å². The van der Waals surface area contributed by atoms with Gasteiger partial charge < -0.3 is 10.1 Å². The van der Waals surface area contributed by atoms with Gasteiger partial charge in [0.05, 0.1) is 23.2 Å². The van der Waals surface area contributed by atoms with Crippen LogP contribution in [0.2, 0.25) is 0 Å². The minimum absolute atomic E-state index is 0.247. The standard InChI is InChI=1S/C12H23N3OS/c1-4-7-13-11(9-16-8-5-2)12-10(6-3)14-15-17-12/h11,13H,4-9H2,1-3H3. The lowest BCUT2D eigenvalue weighted by Crippen LogP contribution is -2.26. The van der Waals surface area contributed by atoms with Crippen molar-refractivity contribution in [3.63, 3.8) is 0 Å². The summed E-state index contributed by atoms with van der Waals surface area (Å²) in [7, 11) is 0. The normalized spacial score (nSPS) is 12.9. The number of hydrogen-bond acceptors (Lipinski definition) is 5. The molecule has 1 N–H and O–H groups in total. The van der Waals surface area contributed by atoms with Crippen molar-refractivity contribution in [3.8, 4) is 0 Å². The number of ether oxygens (including phenoxy) is 1. The Morgan fingerprint density at radius 1 is 1.29 bits per heavy atom. The highest BCUT2D eigenvalue weighted by molar-refractivity contribution is 7.05. The second-order valence-electron chi connectivity index (χ2n) is 4.02. The summed E-state index contributed by atoms with van der Waals surface area (Å²) in [5, 5.41) is 7.68. The van der Waals surface area contributed by atoms with Crippen molar-refractivity contribution >= 4 is 11.5 Å². The third-order valence-corrected chi connectivity index (χ3v) is 3.39. The highest BCUT2D eigenvalue weighted by Gasteiger charge is 2.17. The number of hydrogen-bond donors (Lipinski definition) is 1. The fraction of sp³-hybridized carbons (Fsp3) is 0.833. The Hall–Kier alpha value is -0.520. The van der Waals surface area contributed by atoms with Crippen molar-refractivity contribution in [2.75, 3.05) is 19.8 Å². The van der Waals surface area contributed by atoms with Crippen molar-refractivity contribution in [2.45, 2.75) is 46.1 Å². The third kappa shape index (κ3) is 4.69. The first-order valence-electron chi connectivity index (χ1n) is 6.45. The monoisotopic (exact) mass is 257 g/mol. The summed E-state index contributed by atoms with van der Waals surface area (Å²) in [5.74, 6) is 0. The molecule has 1 aromatic heterocycles. The first kappa shape index (κ1) is 14.5. The Morgan fingerprint density at radius 2 is 2.12 bits per heavy atom. The lowest BCUT2D eigenvalue weighted by Gasteiger charge is -2.17. The number of aromatic nitrogens is 2. The van der Waals surface area contributed by atoms with E-state index in [2.05, 4.69) is 35.7 Å². The summed E-state index contributed by atoms with van der Waals surface area (Å²) < 4.78 is 9.70. The third-order valence-electron chi connectivity index (χ3n) is 2.51. The number of nitrogens with zero attached hydrogens (tertiary/aromatic N) is 2. The molecule has 1 rings (SSSR count). The summed E-state index contributed by atoms with van der Waals surface area (Å²) >= 11 is 1.49. The van der Waals surface area contributed by atoms with Gasteiger partial charge in [-0.05, 0) is 37.3 Å². The van der Waals surface area contributed by atoms with Gasteiger partial charge in [0.1, 0.15) is 0 Å². The van der Waals surface area contributed by atoms with Crippen LogP contribution in [-0.2, 0) is 11.2 Å². The Bertz CT molecular complexity index is 304. The number of aryl methyl sites for hydroxylation is 1. The van der Waals surface area contributed by atoms with E-state index >= 15 is 0 Å². The van der Waals surface area contributed by atoms with Gasteiger partial charge >= 0.3 is 0 Å². The van der Waals surface area contributed by atoms with Crippen LogP contribution in [0.25, 0.3) is 0 Å². The van der Waals surface area contributed by atoms with E-state index in [1.165, 1.54) is 16.4 Å². The molecular formula is C12H23N3OS. The van der Waals surface area contributed by atoms with E-state index in [4.69, 9.17) is 4.74 Å². The van der Waals surface area contributed by atoms with Gasteiger partial charge in [-0.15, -0.1) is 5.10 Å². The largest absolute Gasteiger partial charge is 0.379 e. The van der Waals surface area contributed by atoms with Crippen LogP contribution in [0.4, 0.5) is 0 Å². The van der Waals surface area contributed by atoms with Crippen LogP contribution in [0.15, 0.2) is 0 Å². The van der Waals surface area contributed by atoms with Crippen molar-refractivity contribution in [1.29, 1.82) is 0 Å². The lowest BCUT2D eigenvalue weighted by atomic mass is 10.2. The average Bonchev–Trinajstić information content (AvgIpc) is 2.81. The summed E-state index contributed by atoms with van der Waals surface area (Å²) in [6.45, 7) is 8.94. The smallest absolute Gasteiger partial charge is 0.0801 e. The number of rotatable bonds is 9. The molecule has 0 aliphatic heterocycles. The molecule has 5 heteroatoms. The maximum atomic E-state index is 5.65. The maximum Gasteiger partial charge on any atom is 0.0801 e. The van der Waals surface area contributed by atoms with Gasteiger partial charge in [-0.25, -0.2) is 0 Å². The SMILES string of the molecule is CCCNC(COCCC)c1snnc1CC. The molecule has 1 heterocycles. The topological polar surface area (TPSA) is 47.0 Å². The molecule has 0 aliphatic rings. The van der Waals surface area contributed by atoms with Gasteiger partial charge in [-0.1, -0.05) is 25.3 Å². The molecule has 0 saturated carbocycles. The highest BCUT2D eigenvalue weighted by atomic mass is 32.1. The molecule has 4 nitrogen and oxygen atoms in total. The highest BCUT2D eigenvalue weighted by Crippen LogP contribution is 2.21. The van der Waals surface area contributed by atoms with Crippen LogP contribution in [0.5, 0.6) is 0 Å². The summed E-state index contributed by atoms with van der Waals surface area (Å²) in [6.07, 6.45) is 3.12. The van der Waals surface area contributed by atoms with Crippen molar-refractivity contribution in [3.05, 3.63) is 10.6 Å². The van der Waals surface area contributed by atoms with Crippen LogP contribution in [0, 0.1) is 0 Å².